The highest BCUT2D eigenvalue weighted by atomic mass is 16.5. The fourth-order valence-electron chi connectivity index (χ4n) is 9.04. The fraction of sp³-hybridized carbons (Fsp3) is 0.679. The molecule has 0 amide bonds. The molecule has 7 heteroatoms. The number of aliphatic hydroxyl groups excluding tert-OH is 1. The summed E-state index contributed by atoms with van der Waals surface area (Å²) >= 11 is 0. The van der Waals surface area contributed by atoms with Gasteiger partial charge in [-0.15, -0.1) is 0 Å². The number of carbonyl (C=O) groups excluding carboxylic acids is 3. The molecule has 0 unspecified atom stereocenters. The van der Waals surface area contributed by atoms with E-state index in [0.29, 0.717) is 12.8 Å². The number of esters is 2. The highest BCUT2D eigenvalue weighted by Gasteiger charge is 2.71. The summed E-state index contributed by atoms with van der Waals surface area (Å²) in [5.41, 5.74) is -0.844. The molecule has 0 aromatic carbocycles. The predicted molar refractivity (Wildman–Crippen MR) is 126 cm³/mol. The van der Waals surface area contributed by atoms with Crippen LogP contribution in [-0.2, 0) is 23.9 Å². The van der Waals surface area contributed by atoms with Crippen LogP contribution in [0.5, 0.6) is 0 Å². The van der Waals surface area contributed by atoms with Gasteiger partial charge in [-0.3, -0.25) is 9.59 Å². The minimum atomic E-state index is -1.42. The number of aliphatic hydroxyl groups is 1. The number of Topliss-reactive ketones (excluding diaryl/α,β-unsaturated/α-hetero) is 1. The minimum Gasteiger partial charge on any atom is -0.472 e. The first-order chi connectivity index (χ1) is 16.3. The topological polar surface area (TPSA) is 103 Å². The van der Waals surface area contributed by atoms with Crippen LogP contribution in [0.15, 0.2) is 35.2 Å². The number of rotatable bonds is 3. The Labute approximate surface area is 206 Å². The summed E-state index contributed by atoms with van der Waals surface area (Å²) < 4.78 is 16.2. The quantitative estimate of drug-likeness (QED) is 0.501. The highest BCUT2D eigenvalue weighted by Crippen LogP contribution is 2.74. The first-order valence-corrected chi connectivity index (χ1v) is 12.5. The molecule has 1 aromatic heterocycles. The summed E-state index contributed by atoms with van der Waals surface area (Å²) in [6.45, 7) is 12.6. The van der Waals surface area contributed by atoms with Crippen molar-refractivity contribution in [1.29, 1.82) is 0 Å². The van der Waals surface area contributed by atoms with Crippen molar-refractivity contribution in [2.45, 2.75) is 72.0 Å². The van der Waals surface area contributed by atoms with Crippen molar-refractivity contribution < 1.29 is 33.4 Å². The van der Waals surface area contributed by atoms with E-state index in [0.717, 1.165) is 24.0 Å². The Bertz CT molecular complexity index is 1090. The summed E-state index contributed by atoms with van der Waals surface area (Å²) in [7, 11) is 1.26. The van der Waals surface area contributed by atoms with Gasteiger partial charge in [-0.1, -0.05) is 39.8 Å². The van der Waals surface area contributed by atoms with Crippen LogP contribution in [0.3, 0.4) is 0 Å². The predicted octanol–water partition coefficient (Wildman–Crippen LogP) is 4.40. The van der Waals surface area contributed by atoms with Crippen LogP contribution in [-0.4, -0.2) is 36.0 Å². The van der Waals surface area contributed by atoms with Gasteiger partial charge < -0.3 is 19.0 Å². The first kappa shape index (κ1) is 24.3. The van der Waals surface area contributed by atoms with Gasteiger partial charge in [0.05, 0.1) is 26.1 Å². The number of furan rings is 1. The lowest BCUT2D eigenvalue weighted by Crippen LogP contribution is -2.59. The second kappa shape index (κ2) is 7.55. The molecule has 1 spiro atoms. The van der Waals surface area contributed by atoms with E-state index in [4.69, 9.17) is 13.9 Å². The van der Waals surface area contributed by atoms with Gasteiger partial charge in [-0.25, -0.2) is 4.79 Å². The highest BCUT2D eigenvalue weighted by molar-refractivity contribution is 5.90. The third-order valence-electron chi connectivity index (χ3n) is 10.5. The lowest BCUT2D eigenvalue weighted by atomic mass is 9.44. The molecule has 1 aromatic rings. The zero-order chi connectivity index (χ0) is 25.6. The van der Waals surface area contributed by atoms with E-state index in [1.165, 1.54) is 7.11 Å². The maximum atomic E-state index is 14.0. The lowest BCUT2D eigenvalue weighted by molar-refractivity contribution is -0.195. The molecule has 190 valence electrons. The number of methoxy groups -OCH3 is 1. The molecule has 3 aliphatic carbocycles. The molecule has 8 atom stereocenters. The maximum Gasteiger partial charge on any atom is 0.335 e. The van der Waals surface area contributed by atoms with Gasteiger partial charge in [0, 0.05) is 33.6 Å². The van der Waals surface area contributed by atoms with Crippen molar-refractivity contribution in [1.82, 2.24) is 0 Å². The Morgan fingerprint density at radius 1 is 1.23 bits per heavy atom. The molecule has 1 N–H and O–H groups in total. The number of carbonyl (C=O) groups is 3. The number of ether oxygens (including phenoxy) is 2. The van der Waals surface area contributed by atoms with Crippen LogP contribution in [0.25, 0.3) is 0 Å². The molecule has 5 rings (SSSR count). The molecular weight excluding hydrogens is 448 g/mol. The van der Waals surface area contributed by atoms with Gasteiger partial charge in [-0.05, 0) is 43.1 Å². The van der Waals surface area contributed by atoms with E-state index in [1.807, 2.05) is 19.9 Å². The van der Waals surface area contributed by atoms with Gasteiger partial charge in [0.1, 0.15) is 11.9 Å². The Morgan fingerprint density at radius 2 is 1.94 bits per heavy atom. The van der Waals surface area contributed by atoms with Crippen LogP contribution in [0.4, 0.5) is 0 Å². The van der Waals surface area contributed by atoms with E-state index in [2.05, 4.69) is 20.4 Å². The molecule has 7 nitrogen and oxygen atoms in total. The molecule has 4 bridgehead atoms. The number of ketones is 1. The lowest BCUT2D eigenvalue weighted by Gasteiger charge is -2.61. The molecule has 2 heterocycles. The average molecular weight is 485 g/mol. The van der Waals surface area contributed by atoms with E-state index < -0.39 is 45.8 Å². The second-order valence-electron chi connectivity index (χ2n) is 12.4. The van der Waals surface area contributed by atoms with Crippen LogP contribution in [0.2, 0.25) is 0 Å². The molecule has 1 aliphatic heterocycles. The summed E-state index contributed by atoms with van der Waals surface area (Å²) in [6.07, 6.45) is 4.06. The zero-order valence-corrected chi connectivity index (χ0v) is 21.3. The largest absolute Gasteiger partial charge is 0.472 e. The van der Waals surface area contributed by atoms with Gasteiger partial charge in [0.2, 0.25) is 0 Å². The van der Waals surface area contributed by atoms with Crippen molar-refractivity contribution in [3.8, 4) is 0 Å². The van der Waals surface area contributed by atoms with Crippen molar-refractivity contribution in [2.24, 2.45) is 39.4 Å². The van der Waals surface area contributed by atoms with E-state index >= 15 is 0 Å². The minimum absolute atomic E-state index is 0.0267. The Kier molecular flexibility index (Phi) is 5.24. The third-order valence-corrected chi connectivity index (χ3v) is 10.5. The molecule has 4 aliphatic rings. The number of allylic oxidation sites excluding steroid dienone is 1. The third kappa shape index (κ3) is 2.96. The van der Waals surface area contributed by atoms with Gasteiger partial charge in [-0.2, -0.15) is 0 Å². The Hall–Kier alpha value is -2.41. The van der Waals surface area contributed by atoms with Crippen LogP contribution in [0.1, 0.15) is 71.5 Å². The van der Waals surface area contributed by atoms with Gasteiger partial charge in [0.15, 0.2) is 6.10 Å². The summed E-state index contributed by atoms with van der Waals surface area (Å²) in [5, 5.41) is 11.2. The van der Waals surface area contributed by atoms with E-state index in [-0.39, 0.29) is 30.0 Å². The van der Waals surface area contributed by atoms with E-state index in [1.54, 1.807) is 12.5 Å². The summed E-state index contributed by atoms with van der Waals surface area (Å²) in [6, 6.07) is 1.84. The smallest absolute Gasteiger partial charge is 0.335 e. The number of fused-ring (bicyclic) bond motifs is 4. The van der Waals surface area contributed by atoms with Gasteiger partial charge in [0.25, 0.3) is 0 Å². The second-order valence-corrected chi connectivity index (χ2v) is 12.4. The SMILES string of the molecule is C=C1[C@@H]2CC[C@@]3(C)[C@H](c4ccoc4)OC(=O)C[C@@]13C[C@@H]1C[C@@]2(C)[C@@H]([C@H](O)C(=O)OC)C(C)(C)C1=O. The summed E-state index contributed by atoms with van der Waals surface area (Å²) in [4.78, 5) is 39.7. The van der Waals surface area contributed by atoms with Crippen molar-refractivity contribution in [3.63, 3.8) is 0 Å². The number of hydrogen-bond acceptors (Lipinski definition) is 7. The monoisotopic (exact) mass is 484 g/mol. The average Bonchev–Trinajstić information content (AvgIpc) is 3.30. The van der Waals surface area contributed by atoms with Crippen molar-refractivity contribution in [3.05, 3.63) is 36.3 Å². The fourth-order valence-corrected chi connectivity index (χ4v) is 9.04. The Morgan fingerprint density at radius 3 is 2.57 bits per heavy atom. The Balaban J connectivity index is 1.69. The van der Waals surface area contributed by atoms with Crippen LogP contribution < -0.4 is 0 Å². The first-order valence-electron chi connectivity index (χ1n) is 12.5. The van der Waals surface area contributed by atoms with Crippen LogP contribution >= 0.6 is 0 Å². The summed E-state index contributed by atoms with van der Waals surface area (Å²) in [5.74, 6) is -2.00. The maximum absolute atomic E-state index is 14.0. The molecular formula is C28H36O7. The van der Waals surface area contributed by atoms with E-state index in [9.17, 15) is 19.5 Å². The molecule has 1 saturated heterocycles. The van der Waals surface area contributed by atoms with Crippen molar-refractivity contribution >= 4 is 17.7 Å². The molecule has 35 heavy (non-hydrogen) atoms. The van der Waals surface area contributed by atoms with Crippen LogP contribution in [0, 0.1) is 39.4 Å². The number of hydrogen-bond donors (Lipinski definition) is 1. The molecule has 3 saturated carbocycles. The standard InChI is InChI=1S/C28H36O7/c1-15-18-7-9-27(5)23(16-8-10-34-14-16)35-19(29)13-28(15,27)12-17-11-26(18,4)21(20(30)24(32)33-6)25(2,3)22(17)31/h8,10,14,17-18,20-21,23,30H,1,7,9,11-13H2,2-6H3/t17-,18-,20-,21-,23-,26+,27-,28-/m0/s1. The molecule has 4 fully saturated rings. The zero-order valence-electron chi connectivity index (χ0n) is 21.3. The normalized spacial score (nSPS) is 43.0. The number of cyclic esters (lactones) is 1. The molecule has 0 radical (unpaired) electrons. The van der Waals surface area contributed by atoms with Crippen molar-refractivity contribution in [2.75, 3.05) is 7.11 Å². The van der Waals surface area contributed by atoms with Gasteiger partial charge >= 0.3 is 11.9 Å².